The van der Waals surface area contributed by atoms with Gasteiger partial charge in [0.15, 0.2) is 0 Å². The van der Waals surface area contributed by atoms with Gasteiger partial charge in [0, 0.05) is 32.4 Å². The van der Waals surface area contributed by atoms with Crippen LogP contribution in [0.1, 0.15) is 40.3 Å². The number of sulfonamides is 1. The first-order valence-electron chi connectivity index (χ1n) is 10.8. The van der Waals surface area contributed by atoms with Crippen molar-refractivity contribution in [1.29, 1.82) is 0 Å². The quantitative estimate of drug-likeness (QED) is 0.666. The summed E-state index contributed by atoms with van der Waals surface area (Å²) in [4.78, 5) is 21.9. The smallest absolute Gasteiger partial charge is 0.412 e. The summed E-state index contributed by atoms with van der Waals surface area (Å²) in [6, 6.07) is 4.83. The minimum atomic E-state index is -3.84. The summed E-state index contributed by atoms with van der Waals surface area (Å²) >= 11 is 0. The van der Waals surface area contributed by atoms with Crippen molar-refractivity contribution in [3.05, 3.63) is 30.1 Å². The van der Waals surface area contributed by atoms with Gasteiger partial charge in [0.05, 0.1) is 17.9 Å². The van der Waals surface area contributed by atoms with Crippen molar-refractivity contribution in [2.45, 2.75) is 58.6 Å². The van der Waals surface area contributed by atoms with Gasteiger partial charge < -0.3 is 14.8 Å². The third-order valence-corrected chi connectivity index (χ3v) is 6.49. The fourth-order valence-corrected chi connectivity index (χ4v) is 4.60. The second-order valence-electron chi connectivity index (χ2n) is 8.48. The Morgan fingerprint density at radius 1 is 1.26 bits per heavy atom. The van der Waals surface area contributed by atoms with E-state index in [9.17, 15) is 18.0 Å². The van der Waals surface area contributed by atoms with Crippen molar-refractivity contribution in [3.8, 4) is 5.75 Å². The Morgan fingerprint density at radius 2 is 1.91 bits per heavy atom. The lowest BCUT2D eigenvalue weighted by atomic mass is 10.2. The van der Waals surface area contributed by atoms with Gasteiger partial charge in [0.25, 0.3) is 10.0 Å². The first-order valence-corrected chi connectivity index (χ1v) is 12.2. The number of carbonyl (C=O) groups is 2. The van der Waals surface area contributed by atoms with E-state index in [1.54, 1.807) is 57.6 Å². The van der Waals surface area contributed by atoms with Crippen LogP contribution in [0.2, 0.25) is 0 Å². The normalized spacial score (nSPS) is 13.1. The van der Waals surface area contributed by atoms with E-state index in [2.05, 4.69) is 15.7 Å². The zero-order valence-electron chi connectivity index (χ0n) is 20.6. The van der Waals surface area contributed by atoms with Gasteiger partial charge in [-0.2, -0.15) is 5.10 Å². The molecule has 2 heterocycles. The Morgan fingerprint density at radius 3 is 2.44 bits per heavy atom. The third kappa shape index (κ3) is 6.86. The van der Waals surface area contributed by atoms with Crippen LogP contribution in [0.15, 0.2) is 29.3 Å². The van der Waals surface area contributed by atoms with Gasteiger partial charge >= 0.3 is 6.09 Å². The van der Waals surface area contributed by atoms with E-state index >= 15 is 0 Å². The highest BCUT2D eigenvalue weighted by Crippen LogP contribution is 2.37. The summed E-state index contributed by atoms with van der Waals surface area (Å²) in [7, 11) is -2.24. The summed E-state index contributed by atoms with van der Waals surface area (Å²) in [6.45, 7) is 11.3. The molecular formula is C22H33N5O6S. The van der Waals surface area contributed by atoms with E-state index in [4.69, 9.17) is 9.47 Å². The van der Waals surface area contributed by atoms with Crippen molar-refractivity contribution < 1.29 is 27.5 Å². The van der Waals surface area contributed by atoms with Crippen molar-refractivity contribution in [2.75, 3.05) is 29.8 Å². The lowest BCUT2D eigenvalue weighted by Gasteiger charge is -2.30. The molecule has 11 nitrogen and oxygen atoms in total. The fourth-order valence-electron chi connectivity index (χ4n) is 2.98. The molecule has 0 saturated heterocycles. The fraction of sp³-hybridized carbons (Fsp3) is 0.500. The van der Waals surface area contributed by atoms with Gasteiger partial charge in [-0.15, -0.1) is 0 Å². The highest BCUT2D eigenvalue weighted by atomic mass is 32.2. The summed E-state index contributed by atoms with van der Waals surface area (Å²) in [5.41, 5.74) is 0.550. The molecule has 2 N–H and O–H groups in total. The minimum absolute atomic E-state index is 0.00463. The van der Waals surface area contributed by atoms with Crippen LogP contribution in [0.3, 0.4) is 0 Å². The average molecular weight is 496 g/mol. The maximum Gasteiger partial charge on any atom is 0.412 e. The zero-order valence-corrected chi connectivity index (χ0v) is 21.4. The Balaban J connectivity index is 0.000000739. The van der Waals surface area contributed by atoms with E-state index in [1.807, 2.05) is 6.92 Å². The molecule has 0 spiro atoms. The molecule has 1 aliphatic rings. The van der Waals surface area contributed by atoms with Crippen LogP contribution in [0.5, 0.6) is 5.75 Å². The molecule has 12 heteroatoms. The largest absolute Gasteiger partial charge is 0.489 e. The molecule has 34 heavy (non-hydrogen) atoms. The summed E-state index contributed by atoms with van der Waals surface area (Å²) in [5.74, 6) is 0.431. The Hall–Kier alpha value is -3.28. The molecule has 188 valence electrons. The number of amides is 2. The molecule has 0 radical (unpaired) electrons. The molecule has 1 aromatic carbocycles. The van der Waals surface area contributed by atoms with Gasteiger partial charge in [-0.3, -0.25) is 19.1 Å². The van der Waals surface area contributed by atoms with Crippen molar-refractivity contribution in [1.82, 2.24) is 15.1 Å². The van der Waals surface area contributed by atoms with Crippen LogP contribution in [0, 0.1) is 6.92 Å². The highest BCUT2D eigenvalue weighted by molar-refractivity contribution is 7.92. The van der Waals surface area contributed by atoms with Gasteiger partial charge in [-0.25, -0.2) is 13.2 Å². The number of aromatic nitrogens is 2. The van der Waals surface area contributed by atoms with Crippen LogP contribution in [0.4, 0.5) is 16.2 Å². The van der Waals surface area contributed by atoms with E-state index < -0.39 is 21.7 Å². The summed E-state index contributed by atoms with van der Waals surface area (Å²) in [6.07, 6.45) is 0.909. The maximum atomic E-state index is 13.3. The van der Waals surface area contributed by atoms with Gasteiger partial charge in [0.2, 0.25) is 5.91 Å². The van der Waals surface area contributed by atoms with Crippen LogP contribution in [0.25, 0.3) is 0 Å². The predicted molar refractivity (Wildman–Crippen MR) is 129 cm³/mol. The molecule has 0 atom stereocenters. The Labute approximate surface area is 200 Å². The van der Waals surface area contributed by atoms with Gasteiger partial charge in [-0.1, -0.05) is 0 Å². The number of anilines is 2. The number of benzene rings is 1. The van der Waals surface area contributed by atoms with Gasteiger partial charge in [0.1, 0.15) is 22.9 Å². The predicted octanol–water partition coefficient (Wildman–Crippen LogP) is 2.90. The van der Waals surface area contributed by atoms with Gasteiger partial charge in [-0.05, 0) is 52.8 Å². The molecule has 3 rings (SSSR count). The molecule has 1 aromatic heterocycles. The van der Waals surface area contributed by atoms with E-state index in [0.717, 1.165) is 0 Å². The number of fused-ring (bicyclic) bond motifs is 1. The molecular weight excluding hydrogens is 462 g/mol. The molecule has 2 aromatic rings. The zero-order chi connectivity index (χ0) is 25.7. The Bertz CT molecular complexity index is 1140. The van der Waals surface area contributed by atoms with Crippen LogP contribution in [-0.4, -0.2) is 56.0 Å². The van der Waals surface area contributed by atoms with Crippen molar-refractivity contribution in [2.24, 2.45) is 0 Å². The number of carbonyl (C=O) groups excluding carboxylic acids is 2. The number of aryl methyl sites for hydroxylation is 2. The van der Waals surface area contributed by atoms with Crippen LogP contribution < -0.4 is 19.7 Å². The Kier molecular flexibility index (Phi) is 8.54. The van der Waals surface area contributed by atoms with Crippen molar-refractivity contribution >= 4 is 33.4 Å². The number of rotatable bonds is 4. The van der Waals surface area contributed by atoms with Crippen LogP contribution >= 0.6 is 0 Å². The SMILES string of the molecule is CCn1cc(S(=O)(=O)N2CCOc3ccc(NC(=O)OC(C)(C)C)cc32)c(C)n1.CNC(C)=O. The molecule has 0 unspecified atom stereocenters. The molecule has 0 bridgehead atoms. The number of hydrogen-bond acceptors (Lipinski definition) is 7. The standard InChI is InChI=1S/C19H26N4O5S.C3H7NO/c1-6-22-12-17(13(2)21-22)29(25,26)23-9-10-27-16-8-7-14(11-15(16)23)20-18(24)28-19(3,4)5;1-3(5)4-2/h7-8,11-12H,6,9-10H2,1-5H3,(H,20,24);1-2H3,(H,4,5). The monoisotopic (exact) mass is 495 g/mol. The lowest BCUT2D eigenvalue weighted by molar-refractivity contribution is -0.118. The molecule has 0 aliphatic carbocycles. The number of ether oxygens (including phenoxy) is 2. The van der Waals surface area contributed by atoms with E-state index in [0.29, 0.717) is 29.4 Å². The minimum Gasteiger partial charge on any atom is -0.489 e. The second kappa shape index (κ2) is 10.8. The number of nitrogens with zero attached hydrogens (tertiary/aromatic N) is 3. The summed E-state index contributed by atoms with van der Waals surface area (Å²) < 4.78 is 40.4. The molecule has 0 fully saturated rings. The maximum absolute atomic E-state index is 13.3. The topological polar surface area (TPSA) is 132 Å². The number of hydrogen-bond donors (Lipinski definition) is 2. The molecule has 1 aliphatic heterocycles. The third-order valence-electron chi connectivity index (χ3n) is 4.57. The van der Waals surface area contributed by atoms with E-state index in [-0.39, 0.29) is 24.0 Å². The van der Waals surface area contributed by atoms with E-state index in [1.165, 1.54) is 17.4 Å². The second-order valence-corrected chi connectivity index (χ2v) is 10.3. The lowest BCUT2D eigenvalue weighted by Crippen LogP contribution is -2.38. The first kappa shape index (κ1) is 27.0. The number of nitrogens with one attached hydrogen (secondary N) is 2. The molecule has 2 amide bonds. The van der Waals surface area contributed by atoms with Crippen LogP contribution in [-0.2, 0) is 26.1 Å². The highest BCUT2D eigenvalue weighted by Gasteiger charge is 2.33. The average Bonchev–Trinajstić information content (AvgIpc) is 3.14. The summed E-state index contributed by atoms with van der Waals surface area (Å²) in [5, 5.41) is 9.26. The molecule has 0 saturated carbocycles. The first-order chi connectivity index (χ1) is 15.8. The van der Waals surface area contributed by atoms with Crippen molar-refractivity contribution in [3.63, 3.8) is 0 Å².